The second-order valence-corrected chi connectivity index (χ2v) is 6.81. The molecule has 3 rings (SSSR count). The molecule has 1 N–H and O–H groups in total. The Morgan fingerprint density at radius 3 is 2.34 bits per heavy atom. The Morgan fingerprint density at radius 2 is 1.66 bits per heavy atom. The fourth-order valence-electron chi connectivity index (χ4n) is 3.17. The van der Waals surface area contributed by atoms with Crippen molar-refractivity contribution in [3.63, 3.8) is 0 Å². The summed E-state index contributed by atoms with van der Waals surface area (Å²) < 4.78 is 16.1. The number of likely N-dealkylation sites (tertiary alicyclic amines) is 1. The highest BCUT2D eigenvalue weighted by Crippen LogP contribution is 2.25. The number of carbonyl (C=O) groups is 2. The van der Waals surface area contributed by atoms with E-state index in [0.717, 1.165) is 5.56 Å². The molecule has 7 nitrogen and oxygen atoms in total. The Hall–Kier alpha value is -3.22. The Kier molecular flexibility index (Phi) is 7.33. The first-order valence-electron chi connectivity index (χ1n) is 9.66. The van der Waals surface area contributed by atoms with Crippen LogP contribution in [0.5, 0.6) is 11.5 Å². The van der Waals surface area contributed by atoms with Crippen molar-refractivity contribution in [2.45, 2.75) is 25.5 Å². The van der Waals surface area contributed by atoms with Gasteiger partial charge in [0.05, 0.1) is 7.11 Å². The van der Waals surface area contributed by atoms with Crippen LogP contribution >= 0.6 is 0 Å². The summed E-state index contributed by atoms with van der Waals surface area (Å²) in [7, 11) is 1.56. The maximum atomic E-state index is 12.2. The van der Waals surface area contributed by atoms with Gasteiger partial charge >= 0.3 is 6.09 Å². The van der Waals surface area contributed by atoms with E-state index in [1.54, 1.807) is 24.1 Å². The molecule has 7 heteroatoms. The Morgan fingerprint density at radius 1 is 1.00 bits per heavy atom. The minimum atomic E-state index is -0.321. The first-order valence-corrected chi connectivity index (χ1v) is 9.66. The molecule has 1 saturated heterocycles. The van der Waals surface area contributed by atoms with Crippen molar-refractivity contribution >= 4 is 12.0 Å². The van der Waals surface area contributed by atoms with E-state index in [-0.39, 0.29) is 31.3 Å². The third kappa shape index (κ3) is 6.14. The number of para-hydroxylation sites is 2. The number of benzene rings is 2. The lowest BCUT2D eigenvalue weighted by molar-refractivity contribution is -0.124. The minimum Gasteiger partial charge on any atom is -0.493 e. The molecular weight excluding hydrogens is 372 g/mol. The summed E-state index contributed by atoms with van der Waals surface area (Å²) >= 11 is 0. The summed E-state index contributed by atoms with van der Waals surface area (Å²) in [5, 5.41) is 2.96. The predicted octanol–water partition coefficient (Wildman–Crippen LogP) is 2.99. The van der Waals surface area contributed by atoms with Gasteiger partial charge in [-0.2, -0.15) is 0 Å². The number of amides is 2. The second kappa shape index (κ2) is 10.4. The van der Waals surface area contributed by atoms with Gasteiger partial charge in [0.15, 0.2) is 18.1 Å². The highest BCUT2D eigenvalue weighted by atomic mass is 16.6. The van der Waals surface area contributed by atoms with Gasteiger partial charge < -0.3 is 24.4 Å². The zero-order chi connectivity index (χ0) is 20.5. The molecule has 2 aromatic carbocycles. The summed E-state index contributed by atoms with van der Waals surface area (Å²) in [6.07, 6.45) is 1.04. The fourth-order valence-corrected chi connectivity index (χ4v) is 3.17. The number of piperidine rings is 1. The van der Waals surface area contributed by atoms with Crippen molar-refractivity contribution in [2.75, 3.05) is 26.8 Å². The van der Waals surface area contributed by atoms with E-state index in [1.807, 2.05) is 42.5 Å². The monoisotopic (exact) mass is 398 g/mol. The van der Waals surface area contributed by atoms with E-state index in [9.17, 15) is 9.59 Å². The van der Waals surface area contributed by atoms with Gasteiger partial charge in [-0.05, 0) is 30.5 Å². The summed E-state index contributed by atoms with van der Waals surface area (Å²) in [4.78, 5) is 26.1. The third-order valence-corrected chi connectivity index (χ3v) is 4.75. The topological polar surface area (TPSA) is 77.1 Å². The lowest BCUT2D eigenvalue weighted by Crippen LogP contribution is -2.47. The summed E-state index contributed by atoms with van der Waals surface area (Å²) in [6.45, 7) is 1.27. The van der Waals surface area contributed by atoms with Crippen LogP contribution in [0.3, 0.4) is 0 Å². The number of hydrogen-bond donors (Lipinski definition) is 1. The van der Waals surface area contributed by atoms with E-state index in [0.29, 0.717) is 37.4 Å². The zero-order valence-electron chi connectivity index (χ0n) is 16.5. The zero-order valence-corrected chi connectivity index (χ0v) is 16.5. The van der Waals surface area contributed by atoms with E-state index in [1.165, 1.54) is 0 Å². The summed E-state index contributed by atoms with van der Waals surface area (Å²) in [6, 6.07) is 16.8. The van der Waals surface area contributed by atoms with Crippen LogP contribution in [-0.2, 0) is 16.1 Å². The van der Waals surface area contributed by atoms with Crippen LogP contribution in [0.2, 0.25) is 0 Å². The van der Waals surface area contributed by atoms with Crippen LogP contribution in [0.1, 0.15) is 18.4 Å². The van der Waals surface area contributed by atoms with Gasteiger partial charge in [-0.1, -0.05) is 42.5 Å². The lowest BCUT2D eigenvalue weighted by Gasteiger charge is -2.31. The van der Waals surface area contributed by atoms with Gasteiger partial charge in [-0.3, -0.25) is 4.79 Å². The van der Waals surface area contributed by atoms with Crippen molar-refractivity contribution in [2.24, 2.45) is 0 Å². The van der Waals surface area contributed by atoms with Crippen molar-refractivity contribution in [1.29, 1.82) is 0 Å². The van der Waals surface area contributed by atoms with Crippen LogP contribution in [0.15, 0.2) is 54.6 Å². The SMILES string of the molecule is COc1ccccc1OCC(=O)NC1CCN(C(=O)OCc2ccccc2)CC1. The highest BCUT2D eigenvalue weighted by molar-refractivity contribution is 5.78. The molecule has 1 aliphatic rings. The molecule has 154 valence electrons. The molecule has 0 radical (unpaired) electrons. The van der Waals surface area contributed by atoms with Gasteiger partial charge in [0.2, 0.25) is 0 Å². The fraction of sp³-hybridized carbons (Fsp3) is 0.364. The first-order chi connectivity index (χ1) is 14.2. The number of rotatable bonds is 7. The largest absolute Gasteiger partial charge is 0.493 e. The smallest absolute Gasteiger partial charge is 0.410 e. The number of carbonyl (C=O) groups excluding carboxylic acids is 2. The summed E-state index contributed by atoms with van der Waals surface area (Å²) in [5.74, 6) is 0.921. The Labute approximate surface area is 170 Å². The average molecular weight is 398 g/mol. The van der Waals surface area contributed by atoms with Gasteiger partial charge in [0.1, 0.15) is 6.61 Å². The second-order valence-electron chi connectivity index (χ2n) is 6.81. The standard InChI is InChI=1S/C22H26N2O5/c1-27-19-9-5-6-10-20(19)28-16-21(25)23-18-11-13-24(14-12-18)22(26)29-15-17-7-3-2-4-8-17/h2-10,18H,11-16H2,1H3,(H,23,25). The third-order valence-electron chi connectivity index (χ3n) is 4.75. The Bertz CT molecular complexity index is 804. The van der Waals surface area contributed by atoms with Crippen molar-refractivity contribution in [1.82, 2.24) is 10.2 Å². The van der Waals surface area contributed by atoms with Crippen molar-refractivity contribution < 1.29 is 23.8 Å². The van der Waals surface area contributed by atoms with E-state index in [4.69, 9.17) is 14.2 Å². The van der Waals surface area contributed by atoms with Crippen molar-refractivity contribution in [3.05, 3.63) is 60.2 Å². The maximum absolute atomic E-state index is 12.2. The molecule has 0 bridgehead atoms. The first kappa shape index (κ1) is 20.5. The van der Waals surface area contributed by atoms with Crippen LogP contribution in [0, 0.1) is 0 Å². The van der Waals surface area contributed by atoms with Gasteiger partial charge in [-0.25, -0.2) is 4.79 Å². The molecule has 0 atom stereocenters. The van der Waals surface area contributed by atoms with Crippen LogP contribution in [-0.4, -0.2) is 49.7 Å². The Balaban J connectivity index is 1.36. The van der Waals surface area contributed by atoms with E-state index in [2.05, 4.69) is 5.32 Å². The van der Waals surface area contributed by atoms with Gasteiger partial charge in [0.25, 0.3) is 5.91 Å². The molecule has 1 fully saturated rings. The minimum absolute atomic E-state index is 0.0157. The van der Waals surface area contributed by atoms with Gasteiger partial charge in [-0.15, -0.1) is 0 Å². The number of methoxy groups -OCH3 is 1. The van der Waals surface area contributed by atoms with E-state index >= 15 is 0 Å². The number of hydrogen-bond acceptors (Lipinski definition) is 5. The molecule has 0 aromatic heterocycles. The van der Waals surface area contributed by atoms with E-state index < -0.39 is 0 Å². The molecule has 1 aliphatic heterocycles. The highest BCUT2D eigenvalue weighted by Gasteiger charge is 2.25. The molecule has 0 unspecified atom stereocenters. The predicted molar refractivity (Wildman–Crippen MR) is 108 cm³/mol. The maximum Gasteiger partial charge on any atom is 0.410 e. The number of ether oxygens (including phenoxy) is 3. The average Bonchev–Trinajstić information content (AvgIpc) is 2.77. The normalized spacial score (nSPS) is 14.2. The van der Waals surface area contributed by atoms with Crippen LogP contribution in [0.4, 0.5) is 4.79 Å². The molecule has 2 aromatic rings. The summed E-state index contributed by atoms with van der Waals surface area (Å²) in [5.41, 5.74) is 0.957. The number of nitrogens with one attached hydrogen (secondary N) is 1. The lowest BCUT2D eigenvalue weighted by atomic mass is 10.1. The molecule has 0 spiro atoms. The molecule has 29 heavy (non-hydrogen) atoms. The molecular formula is C22H26N2O5. The quantitative estimate of drug-likeness (QED) is 0.776. The molecule has 2 amide bonds. The number of nitrogens with zero attached hydrogens (tertiary/aromatic N) is 1. The molecule has 0 saturated carbocycles. The molecule has 0 aliphatic carbocycles. The van der Waals surface area contributed by atoms with Gasteiger partial charge in [0, 0.05) is 19.1 Å². The van der Waals surface area contributed by atoms with Crippen LogP contribution in [0.25, 0.3) is 0 Å². The van der Waals surface area contributed by atoms with Crippen molar-refractivity contribution in [3.8, 4) is 11.5 Å². The molecule has 1 heterocycles. The van der Waals surface area contributed by atoms with Crippen LogP contribution < -0.4 is 14.8 Å².